The Balaban J connectivity index is 1.90. The zero-order valence-electron chi connectivity index (χ0n) is 12.9. The first-order valence-electron chi connectivity index (χ1n) is 7.32. The van der Waals surface area contributed by atoms with E-state index in [4.69, 9.17) is 0 Å². The van der Waals surface area contributed by atoms with Crippen molar-refractivity contribution in [2.24, 2.45) is 4.99 Å². The summed E-state index contributed by atoms with van der Waals surface area (Å²) in [6.45, 7) is 4.13. The molecule has 0 amide bonds. The van der Waals surface area contributed by atoms with Gasteiger partial charge in [-0.3, -0.25) is 4.99 Å². The zero-order chi connectivity index (χ0) is 16.7. The van der Waals surface area contributed by atoms with E-state index >= 15 is 0 Å². The maximum atomic E-state index is 12.8. The Morgan fingerprint density at radius 1 is 0.957 bits per heavy atom. The smallest absolute Gasteiger partial charge is 0.252 e. The van der Waals surface area contributed by atoms with Crippen LogP contribution in [0.2, 0.25) is 0 Å². The van der Waals surface area contributed by atoms with Gasteiger partial charge in [-0.25, -0.2) is 0 Å². The predicted octanol–water partition coefficient (Wildman–Crippen LogP) is 5.78. The van der Waals surface area contributed by atoms with E-state index in [9.17, 15) is 13.2 Å². The van der Waals surface area contributed by atoms with Crippen LogP contribution in [0.3, 0.4) is 0 Å². The van der Waals surface area contributed by atoms with Gasteiger partial charge in [-0.05, 0) is 35.4 Å². The molecule has 4 heteroatoms. The van der Waals surface area contributed by atoms with Crippen LogP contribution >= 0.6 is 0 Å². The molecule has 0 bridgehead atoms. The topological polar surface area (TPSA) is 12.4 Å². The number of fused-ring (bicyclic) bond motifs is 1. The van der Waals surface area contributed by atoms with Crippen LogP contribution in [0.15, 0.2) is 59.6 Å². The molecule has 2 aromatic rings. The van der Waals surface area contributed by atoms with Gasteiger partial charge in [0.15, 0.2) is 0 Å². The molecule has 1 heterocycles. The third-order valence-electron chi connectivity index (χ3n) is 4.11. The van der Waals surface area contributed by atoms with Gasteiger partial charge in [-0.1, -0.05) is 50.3 Å². The molecule has 2 aromatic carbocycles. The lowest BCUT2D eigenvalue weighted by Crippen LogP contribution is -2.23. The van der Waals surface area contributed by atoms with Crippen molar-refractivity contribution in [1.82, 2.24) is 0 Å². The summed E-state index contributed by atoms with van der Waals surface area (Å²) in [4.78, 5) is 4.60. The number of hydrogen-bond acceptors (Lipinski definition) is 1. The Hall–Kier alpha value is -2.36. The van der Waals surface area contributed by atoms with E-state index in [1.807, 2.05) is 24.3 Å². The number of alkyl halides is 3. The van der Waals surface area contributed by atoms with Gasteiger partial charge in [0, 0.05) is 5.41 Å². The number of rotatable bonds is 2. The highest BCUT2D eigenvalue weighted by Gasteiger charge is 2.33. The lowest BCUT2D eigenvalue weighted by molar-refractivity contribution is -0.137. The number of allylic oxidation sites excluding steroid dienone is 1. The van der Waals surface area contributed by atoms with Crippen LogP contribution < -0.4 is 0 Å². The second-order valence-corrected chi connectivity index (χ2v) is 6.10. The number of nitrogens with zero attached hydrogens (tertiary/aromatic N) is 1. The molecule has 0 saturated heterocycles. The number of para-hydroxylation sites is 1. The molecular formula is C19H16F3N. The van der Waals surface area contributed by atoms with Gasteiger partial charge in [-0.15, -0.1) is 0 Å². The van der Waals surface area contributed by atoms with Crippen molar-refractivity contribution in [2.45, 2.75) is 25.4 Å². The second kappa shape index (κ2) is 5.37. The molecular weight excluding hydrogens is 299 g/mol. The van der Waals surface area contributed by atoms with Crippen LogP contribution in [0.1, 0.15) is 30.5 Å². The Kier molecular flexibility index (Phi) is 3.63. The normalized spacial score (nSPS) is 16.5. The third kappa shape index (κ3) is 2.93. The van der Waals surface area contributed by atoms with Crippen molar-refractivity contribution >= 4 is 17.5 Å². The van der Waals surface area contributed by atoms with E-state index in [1.54, 1.807) is 18.2 Å². The molecule has 23 heavy (non-hydrogen) atoms. The number of aliphatic imine (C=N–C) groups is 1. The van der Waals surface area contributed by atoms with E-state index < -0.39 is 11.7 Å². The van der Waals surface area contributed by atoms with E-state index in [1.165, 1.54) is 6.07 Å². The summed E-state index contributed by atoms with van der Waals surface area (Å²) < 4.78 is 38.3. The molecule has 0 fully saturated rings. The molecule has 3 rings (SSSR count). The van der Waals surface area contributed by atoms with Crippen LogP contribution in [-0.2, 0) is 11.6 Å². The molecule has 0 spiro atoms. The van der Waals surface area contributed by atoms with Gasteiger partial charge in [0.05, 0.1) is 17.0 Å². The van der Waals surface area contributed by atoms with Crippen LogP contribution in [0.25, 0.3) is 6.08 Å². The standard InChI is InChI=1S/C19H16F3N/c1-18(2)15-8-3-4-9-16(15)23-17(18)11-10-13-6-5-7-14(12-13)19(20,21)22/h3-12H,1-2H3/b11-10+. The largest absolute Gasteiger partial charge is 0.416 e. The number of halogens is 3. The Bertz CT molecular complexity index is 798. The minimum absolute atomic E-state index is 0.255. The van der Waals surface area contributed by atoms with E-state index in [0.717, 1.165) is 29.1 Å². The summed E-state index contributed by atoms with van der Waals surface area (Å²) in [6.07, 6.45) is -0.846. The van der Waals surface area contributed by atoms with Crippen molar-refractivity contribution < 1.29 is 13.2 Å². The first-order valence-corrected chi connectivity index (χ1v) is 7.32. The Morgan fingerprint density at radius 2 is 1.70 bits per heavy atom. The highest BCUT2D eigenvalue weighted by molar-refractivity contribution is 6.10. The van der Waals surface area contributed by atoms with Crippen molar-refractivity contribution in [2.75, 3.05) is 0 Å². The molecule has 0 saturated carbocycles. The van der Waals surface area contributed by atoms with Gasteiger partial charge in [-0.2, -0.15) is 13.2 Å². The van der Waals surface area contributed by atoms with Gasteiger partial charge < -0.3 is 0 Å². The van der Waals surface area contributed by atoms with Crippen molar-refractivity contribution in [3.8, 4) is 0 Å². The molecule has 0 unspecified atom stereocenters. The number of benzene rings is 2. The number of hydrogen-bond donors (Lipinski definition) is 0. The Labute approximate surface area is 133 Å². The van der Waals surface area contributed by atoms with Gasteiger partial charge in [0.1, 0.15) is 0 Å². The lowest BCUT2D eigenvalue weighted by atomic mass is 9.81. The van der Waals surface area contributed by atoms with E-state index in [-0.39, 0.29) is 5.41 Å². The third-order valence-corrected chi connectivity index (χ3v) is 4.11. The first-order chi connectivity index (χ1) is 10.8. The highest BCUT2D eigenvalue weighted by atomic mass is 19.4. The highest BCUT2D eigenvalue weighted by Crippen LogP contribution is 2.40. The minimum Gasteiger partial charge on any atom is -0.252 e. The summed E-state index contributed by atoms with van der Waals surface area (Å²) in [5.74, 6) is 0. The summed E-state index contributed by atoms with van der Waals surface area (Å²) in [6, 6.07) is 13.2. The van der Waals surface area contributed by atoms with Crippen LogP contribution in [0.4, 0.5) is 18.9 Å². The molecule has 0 N–H and O–H groups in total. The predicted molar refractivity (Wildman–Crippen MR) is 87.0 cm³/mol. The average Bonchev–Trinajstić information content (AvgIpc) is 2.76. The quantitative estimate of drug-likeness (QED) is 0.666. The monoisotopic (exact) mass is 315 g/mol. The van der Waals surface area contributed by atoms with Crippen molar-refractivity contribution in [3.63, 3.8) is 0 Å². The van der Waals surface area contributed by atoms with Crippen LogP contribution in [-0.4, -0.2) is 5.71 Å². The molecule has 0 aliphatic carbocycles. The first kappa shape index (κ1) is 15.5. The molecule has 0 radical (unpaired) electrons. The Morgan fingerprint density at radius 3 is 2.39 bits per heavy atom. The molecule has 1 aliphatic heterocycles. The summed E-state index contributed by atoms with van der Waals surface area (Å²) >= 11 is 0. The maximum absolute atomic E-state index is 12.8. The van der Waals surface area contributed by atoms with Gasteiger partial charge in [0.25, 0.3) is 0 Å². The van der Waals surface area contributed by atoms with Gasteiger partial charge >= 0.3 is 6.18 Å². The zero-order valence-corrected chi connectivity index (χ0v) is 12.9. The molecule has 118 valence electrons. The summed E-state index contributed by atoms with van der Waals surface area (Å²) in [5.41, 5.74) is 2.50. The van der Waals surface area contributed by atoms with Crippen molar-refractivity contribution in [3.05, 3.63) is 71.3 Å². The molecule has 0 aromatic heterocycles. The van der Waals surface area contributed by atoms with E-state index in [2.05, 4.69) is 18.8 Å². The van der Waals surface area contributed by atoms with Crippen LogP contribution in [0.5, 0.6) is 0 Å². The fourth-order valence-electron chi connectivity index (χ4n) is 2.75. The summed E-state index contributed by atoms with van der Waals surface area (Å²) in [5, 5.41) is 0. The fourth-order valence-corrected chi connectivity index (χ4v) is 2.75. The lowest BCUT2D eigenvalue weighted by Gasteiger charge is -2.20. The minimum atomic E-state index is -4.33. The van der Waals surface area contributed by atoms with Crippen LogP contribution in [0, 0.1) is 0 Å². The molecule has 1 aliphatic rings. The maximum Gasteiger partial charge on any atom is 0.416 e. The average molecular weight is 315 g/mol. The van der Waals surface area contributed by atoms with Gasteiger partial charge in [0.2, 0.25) is 0 Å². The summed E-state index contributed by atoms with van der Waals surface area (Å²) in [7, 11) is 0. The SMILES string of the molecule is CC1(C)C(/C=C/c2cccc(C(F)(F)F)c2)=Nc2ccccc21. The van der Waals surface area contributed by atoms with E-state index in [0.29, 0.717) is 5.56 Å². The van der Waals surface area contributed by atoms with Crippen molar-refractivity contribution in [1.29, 1.82) is 0 Å². The molecule has 0 atom stereocenters. The molecule has 1 nitrogen and oxygen atoms in total. The fraction of sp³-hybridized carbons (Fsp3) is 0.211. The second-order valence-electron chi connectivity index (χ2n) is 6.10.